The first-order valence-corrected chi connectivity index (χ1v) is 4.87. The van der Waals surface area contributed by atoms with E-state index in [4.69, 9.17) is 28.5 Å². The van der Waals surface area contributed by atoms with Crippen molar-refractivity contribution in [3.63, 3.8) is 0 Å². The van der Waals surface area contributed by atoms with Crippen molar-refractivity contribution in [3.05, 3.63) is 46.3 Å². The Balaban J connectivity index is 2.60. The molecular formula is C10H5Cl2N3. The lowest BCUT2D eigenvalue weighted by Gasteiger charge is -2.05. The third-order valence-electron chi connectivity index (χ3n) is 1.88. The van der Waals surface area contributed by atoms with Crippen LogP contribution in [0.3, 0.4) is 0 Å². The summed E-state index contributed by atoms with van der Waals surface area (Å²) in [5.74, 6) is 0.502. The van der Waals surface area contributed by atoms with Gasteiger partial charge < -0.3 is 0 Å². The van der Waals surface area contributed by atoms with Crippen LogP contribution in [0.2, 0.25) is 10.0 Å². The Morgan fingerprint density at radius 1 is 1.40 bits per heavy atom. The lowest BCUT2D eigenvalue weighted by atomic mass is 10.4. The quantitative estimate of drug-likeness (QED) is 0.766. The molecule has 15 heavy (non-hydrogen) atoms. The highest BCUT2D eigenvalue weighted by molar-refractivity contribution is 6.35. The topological polar surface area (TPSA) is 41.6 Å². The minimum Gasteiger partial charge on any atom is -0.291 e. The van der Waals surface area contributed by atoms with E-state index in [2.05, 4.69) is 4.98 Å². The summed E-state index contributed by atoms with van der Waals surface area (Å²) in [6.45, 7) is 0. The van der Waals surface area contributed by atoms with Crippen molar-refractivity contribution in [2.45, 2.75) is 0 Å². The molecule has 0 saturated heterocycles. The Morgan fingerprint density at radius 2 is 2.20 bits per heavy atom. The minimum atomic E-state index is 0.412. The van der Waals surface area contributed by atoms with Gasteiger partial charge in [0.1, 0.15) is 11.8 Å². The van der Waals surface area contributed by atoms with Gasteiger partial charge in [0.05, 0.1) is 10.0 Å². The van der Waals surface area contributed by atoms with Crippen molar-refractivity contribution in [1.29, 1.82) is 5.26 Å². The van der Waals surface area contributed by atoms with Crippen molar-refractivity contribution in [2.75, 3.05) is 0 Å². The van der Waals surface area contributed by atoms with E-state index in [0.29, 0.717) is 21.6 Å². The zero-order chi connectivity index (χ0) is 10.8. The van der Waals surface area contributed by atoms with Crippen LogP contribution < -0.4 is 0 Å². The first kappa shape index (κ1) is 10.0. The molecule has 0 aromatic carbocycles. The molecule has 3 nitrogen and oxygen atoms in total. The molecule has 0 spiro atoms. The smallest absolute Gasteiger partial charge is 0.156 e. The molecule has 0 unspecified atom stereocenters. The molecule has 0 N–H and O–H groups in total. The maximum absolute atomic E-state index is 8.85. The number of nitriles is 1. The molecule has 0 aliphatic carbocycles. The van der Waals surface area contributed by atoms with Crippen molar-refractivity contribution < 1.29 is 0 Å². The van der Waals surface area contributed by atoms with Crippen LogP contribution >= 0.6 is 23.2 Å². The van der Waals surface area contributed by atoms with Gasteiger partial charge in [0.15, 0.2) is 5.82 Å². The number of aromatic nitrogens is 2. The molecule has 0 fully saturated rings. The summed E-state index contributed by atoms with van der Waals surface area (Å²) in [6, 6.07) is 7.08. The third kappa shape index (κ3) is 1.82. The van der Waals surface area contributed by atoms with Crippen LogP contribution in [0.4, 0.5) is 0 Å². The van der Waals surface area contributed by atoms with Crippen LogP contribution in [0.15, 0.2) is 30.6 Å². The monoisotopic (exact) mass is 237 g/mol. The van der Waals surface area contributed by atoms with E-state index >= 15 is 0 Å². The lowest BCUT2D eigenvalue weighted by Crippen LogP contribution is -1.99. The predicted octanol–water partition coefficient (Wildman–Crippen LogP) is 3.05. The largest absolute Gasteiger partial charge is 0.291 e. The molecular weight excluding hydrogens is 233 g/mol. The zero-order valence-corrected chi connectivity index (χ0v) is 9.00. The highest BCUT2D eigenvalue weighted by Gasteiger charge is 2.08. The Morgan fingerprint density at radius 3 is 2.87 bits per heavy atom. The summed E-state index contributed by atoms with van der Waals surface area (Å²) in [6.07, 6.45) is 3.21. The van der Waals surface area contributed by atoms with Crippen LogP contribution in [0, 0.1) is 11.3 Å². The standard InChI is InChI=1S/C10H5Cl2N3/c11-7-4-9(12)10(14-6-7)15-3-1-2-8(15)5-13/h1-4,6H. The van der Waals surface area contributed by atoms with Crippen molar-refractivity contribution in [1.82, 2.24) is 9.55 Å². The lowest BCUT2D eigenvalue weighted by molar-refractivity contribution is 0.989. The summed E-state index contributed by atoms with van der Waals surface area (Å²) in [4.78, 5) is 4.08. The fraction of sp³-hybridized carbons (Fsp3) is 0. The molecule has 0 aliphatic heterocycles. The van der Waals surface area contributed by atoms with E-state index in [-0.39, 0.29) is 0 Å². The van der Waals surface area contributed by atoms with Crippen LogP contribution in [0.5, 0.6) is 0 Å². The van der Waals surface area contributed by atoms with Gasteiger partial charge in [0.2, 0.25) is 0 Å². The van der Waals surface area contributed by atoms with Crippen LogP contribution in [-0.2, 0) is 0 Å². The van der Waals surface area contributed by atoms with Gasteiger partial charge in [-0.25, -0.2) is 4.98 Å². The Labute approximate surface area is 96.5 Å². The first-order valence-electron chi connectivity index (χ1n) is 4.11. The highest BCUT2D eigenvalue weighted by atomic mass is 35.5. The van der Waals surface area contributed by atoms with Crippen molar-refractivity contribution in [3.8, 4) is 11.9 Å². The fourth-order valence-electron chi connectivity index (χ4n) is 1.24. The number of hydrogen-bond acceptors (Lipinski definition) is 2. The second-order valence-electron chi connectivity index (χ2n) is 2.83. The van der Waals surface area contributed by atoms with E-state index in [1.165, 1.54) is 6.20 Å². The molecule has 2 aromatic rings. The molecule has 0 amide bonds. The maximum atomic E-state index is 8.85. The van der Waals surface area contributed by atoms with Crippen LogP contribution in [0.25, 0.3) is 5.82 Å². The summed E-state index contributed by atoms with van der Waals surface area (Å²) >= 11 is 11.7. The van der Waals surface area contributed by atoms with E-state index in [9.17, 15) is 0 Å². The van der Waals surface area contributed by atoms with Gasteiger partial charge >= 0.3 is 0 Å². The van der Waals surface area contributed by atoms with E-state index < -0.39 is 0 Å². The van der Waals surface area contributed by atoms with Gasteiger partial charge in [-0.1, -0.05) is 23.2 Å². The van der Waals surface area contributed by atoms with Crippen molar-refractivity contribution >= 4 is 23.2 Å². The van der Waals surface area contributed by atoms with Crippen LogP contribution in [-0.4, -0.2) is 9.55 Å². The maximum Gasteiger partial charge on any atom is 0.156 e. The van der Waals surface area contributed by atoms with E-state index in [0.717, 1.165) is 0 Å². The molecule has 74 valence electrons. The second-order valence-corrected chi connectivity index (χ2v) is 3.68. The van der Waals surface area contributed by atoms with E-state index in [1.807, 2.05) is 6.07 Å². The summed E-state index contributed by atoms with van der Waals surface area (Å²) in [5.41, 5.74) is 0.478. The normalized spacial score (nSPS) is 9.93. The first-order chi connectivity index (χ1) is 7.22. The Bertz CT molecular complexity index is 540. The second kappa shape index (κ2) is 3.93. The number of pyridine rings is 1. The van der Waals surface area contributed by atoms with Crippen LogP contribution in [0.1, 0.15) is 5.69 Å². The van der Waals surface area contributed by atoms with Gasteiger partial charge in [-0.15, -0.1) is 0 Å². The van der Waals surface area contributed by atoms with Gasteiger partial charge in [-0.3, -0.25) is 4.57 Å². The fourth-order valence-corrected chi connectivity index (χ4v) is 1.71. The molecule has 0 atom stereocenters. The predicted molar refractivity (Wildman–Crippen MR) is 58.3 cm³/mol. The Kier molecular flexibility index (Phi) is 2.63. The summed E-state index contributed by atoms with van der Waals surface area (Å²) in [5, 5.41) is 9.73. The number of hydrogen-bond donors (Lipinski definition) is 0. The van der Waals surface area contributed by atoms with Crippen molar-refractivity contribution in [2.24, 2.45) is 0 Å². The van der Waals surface area contributed by atoms with Gasteiger partial charge in [0, 0.05) is 12.4 Å². The summed E-state index contributed by atoms with van der Waals surface area (Å²) < 4.78 is 1.61. The molecule has 2 heterocycles. The SMILES string of the molecule is N#Cc1cccn1-c1ncc(Cl)cc1Cl. The minimum absolute atomic E-state index is 0.412. The number of rotatable bonds is 1. The molecule has 2 aromatic heterocycles. The van der Waals surface area contributed by atoms with Gasteiger partial charge in [-0.05, 0) is 18.2 Å². The van der Waals surface area contributed by atoms with Gasteiger partial charge in [0.25, 0.3) is 0 Å². The summed E-state index contributed by atoms with van der Waals surface area (Å²) in [7, 11) is 0. The molecule has 0 saturated carbocycles. The average Bonchev–Trinajstić information content (AvgIpc) is 2.65. The number of halogens is 2. The third-order valence-corrected chi connectivity index (χ3v) is 2.36. The highest BCUT2D eigenvalue weighted by Crippen LogP contribution is 2.22. The Hall–Kier alpha value is -1.50. The molecule has 0 aliphatic rings. The van der Waals surface area contributed by atoms with E-state index in [1.54, 1.807) is 29.0 Å². The van der Waals surface area contributed by atoms with Gasteiger partial charge in [-0.2, -0.15) is 5.26 Å². The molecule has 5 heteroatoms. The number of nitrogens with zero attached hydrogens (tertiary/aromatic N) is 3. The average molecular weight is 238 g/mol. The molecule has 0 radical (unpaired) electrons. The zero-order valence-electron chi connectivity index (χ0n) is 7.48. The molecule has 2 rings (SSSR count). The molecule has 0 bridgehead atoms.